The number of rotatable bonds is 3. The fourth-order valence-electron chi connectivity index (χ4n) is 2.02. The molecule has 1 aromatic carbocycles. The summed E-state index contributed by atoms with van der Waals surface area (Å²) >= 11 is 0. The Morgan fingerprint density at radius 2 is 2.05 bits per heavy atom. The van der Waals surface area contributed by atoms with Gasteiger partial charge in [0, 0.05) is 31.4 Å². The average Bonchev–Trinajstić information content (AvgIpc) is 2.98. The number of aromatic nitrogens is 2. The molecule has 2 aromatic rings. The molecule has 19 heavy (non-hydrogen) atoms. The number of morpholine rings is 1. The zero-order valence-electron chi connectivity index (χ0n) is 10.8. The molecule has 0 aliphatic carbocycles. The van der Waals surface area contributed by atoms with Crippen molar-refractivity contribution in [2.75, 3.05) is 43.6 Å². The number of nitrogens with zero attached hydrogens (tertiary/aromatic N) is 3. The fourth-order valence-corrected chi connectivity index (χ4v) is 2.02. The predicted octanol–water partition coefficient (Wildman–Crippen LogP) is 1.61. The average molecular weight is 260 g/mol. The second kappa shape index (κ2) is 5.27. The van der Waals surface area contributed by atoms with E-state index < -0.39 is 0 Å². The van der Waals surface area contributed by atoms with Gasteiger partial charge in [0.25, 0.3) is 0 Å². The highest BCUT2D eigenvalue weighted by molar-refractivity contribution is 5.61. The third-order valence-electron chi connectivity index (χ3n) is 3.09. The molecule has 2 heterocycles. The Labute approximate surface area is 111 Å². The van der Waals surface area contributed by atoms with Gasteiger partial charge in [0.15, 0.2) is 0 Å². The van der Waals surface area contributed by atoms with Crippen LogP contribution in [0.5, 0.6) is 0 Å². The van der Waals surface area contributed by atoms with E-state index in [4.69, 9.17) is 9.15 Å². The first-order valence-electron chi connectivity index (χ1n) is 6.31. The van der Waals surface area contributed by atoms with E-state index in [0.29, 0.717) is 25.1 Å². The monoisotopic (exact) mass is 260 g/mol. The number of anilines is 2. The van der Waals surface area contributed by atoms with Crippen LogP contribution in [0.3, 0.4) is 0 Å². The Hall–Kier alpha value is -2.08. The maximum Gasteiger partial charge on any atom is 0.318 e. The lowest BCUT2D eigenvalue weighted by Gasteiger charge is -2.24. The van der Waals surface area contributed by atoms with Gasteiger partial charge in [-0.1, -0.05) is 11.2 Å². The van der Waals surface area contributed by atoms with Crippen molar-refractivity contribution >= 4 is 11.7 Å². The Morgan fingerprint density at radius 1 is 1.21 bits per heavy atom. The summed E-state index contributed by atoms with van der Waals surface area (Å²) in [7, 11) is 1.88. The van der Waals surface area contributed by atoms with Crippen molar-refractivity contribution in [1.82, 2.24) is 10.2 Å². The molecule has 0 bridgehead atoms. The van der Waals surface area contributed by atoms with Crippen LogP contribution in [0.2, 0.25) is 0 Å². The Bertz CT molecular complexity index is 549. The molecule has 1 N–H and O–H groups in total. The van der Waals surface area contributed by atoms with Gasteiger partial charge in [0.2, 0.25) is 5.89 Å². The summed E-state index contributed by atoms with van der Waals surface area (Å²) in [4.78, 5) is 2.04. The van der Waals surface area contributed by atoms with Crippen LogP contribution in [0.25, 0.3) is 11.5 Å². The second-order valence-electron chi connectivity index (χ2n) is 4.32. The van der Waals surface area contributed by atoms with Crippen LogP contribution in [0.4, 0.5) is 11.7 Å². The first-order chi connectivity index (χ1) is 9.36. The third-order valence-corrected chi connectivity index (χ3v) is 3.09. The molecule has 100 valence electrons. The number of hydrogen-bond acceptors (Lipinski definition) is 6. The van der Waals surface area contributed by atoms with Gasteiger partial charge in [-0.15, -0.1) is 5.10 Å². The minimum Gasteiger partial charge on any atom is -0.403 e. The van der Waals surface area contributed by atoms with E-state index in [2.05, 4.69) is 15.5 Å². The van der Waals surface area contributed by atoms with Gasteiger partial charge < -0.3 is 19.4 Å². The lowest BCUT2D eigenvalue weighted by atomic mass is 10.2. The third kappa shape index (κ3) is 2.53. The maximum atomic E-state index is 5.73. The lowest BCUT2D eigenvalue weighted by Crippen LogP contribution is -2.36. The van der Waals surface area contributed by atoms with Crippen molar-refractivity contribution in [2.45, 2.75) is 0 Å². The Kier molecular flexibility index (Phi) is 3.33. The molecule has 1 aromatic heterocycles. The van der Waals surface area contributed by atoms with E-state index in [9.17, 15) is 0 Å². The summed E-state index contributed by atoms with van der Waals surface area (Å²) in [5, 5.41) is 11.3. The lowest BCUT2D eigenvalue weighted by molar-refractivity contribution is 0.120. The van der Waals surface area contributed by atoms with Crippen LogP contribution in [-0.2, 0) is 4.74 Å². The highest BCUT2D eigenvalue weighted by Gasteiger charge is 2.18. The van der Waals surface area contributed by atoms with Crippen molar-refractivity contribution in [3.63, 3.8) is 0 Å². The van der Waals surface area contributed by atoms with Crippen molar-refractivity contribution in [3.05, 3.63) is 24.3 Å². The van der Waals surface area contributed by atoms with E-state index in [1.807, 2.05) is 36.2 Å². The maximum absolute atomic E-state index is 5.73. The molecule has 1 aliphatic rings. The highest BCUT2D eigenvalue weighted by Crippen LogP contribution is 2.24. The van der Waals surface area contributed by atoms with Crippen molar-refractivity contribution in [1.29, 1.82) is 0 Å². The molecular formula is C13H16N4O2. The van der Waals surface area contributed by atoms with Gasteiger partial charge in [-0.25, -0.2) is 0 Å². The molecule has 1 saturated heterocycles. The quantitative estimate of drug-likeness (QED) is 0.904. The van der Waals surface area contributed by atoms with Gasteiger partial charge >= 0.3 is 6.01 Å². The van der Waals surface area contributed by atoms with Crippen LogP contribution in [0.15, 0.2) is 28.7 Å². The number of benzene rings is 1. The zero-order chi connectivity index (χ0) is 13.1. The summed E-state index contributed by atoms with van der Waals surface area (Å²) < 4.78 is 11.0. The van der Waals surface area contributed by atoms with Crippen LogP contribution in [-0.4, -0.2) is 43.5 Å². The molecule has 6 heteroatoms. The van der Waals surface area contributed by atoms with Crippen molar-refractivity contribution in [3.8, 4) is 11.5 Å². The first-order valence-corrected chi connectivity index (χ1v) is 6.31. The predicted molar refractivity (Wildman–Crippen MR) is 72.3 cm³/mol. The van der Waals surface area contributed by atoms with Crippen LogP contribution >= 0.6 is 0 Å². The highest BCUT2D eigenvalue weighted by atomic mass is 16.5. The number of hydrogen-bond donors (Lipinski definition) is 1. The summed E-state index contributed by atoms with van der Waals surface area (Å²) in [6.45, 7) is 2.98. The minimum absolute atomic E-state index is 0.540. The fraction of sp³-hybridized carbons (Fsp3) is 0.385. The Balaban J connectivity index is 1.83. The summed E-state index contributed by atoms with van der Waals surface area (Å²) in [5.41, 5.74) is 1.93. The Morgan fingerprint density at radius 3 is 2.84 bits per heavy atom. The van der Waals surface area contributed by atoms with Gasteiger partial charge in [0.1, 0.15) is 0 Å². The van der Waals surface area contributed by atoms with E-state index in [1.165, 1.54) is 0 Å². The van der Waals surface area contributed by atoms with E-state index in [-0.39, 0.29) is 0 Å². The van der Waals surface area contributed by atoms with Crippen molar-refractivity contribution in [2.24, 2.45) is 0 Å². The van der Waals surface area contributed by atoms with Gasteiger partial charge in [0.05, 0.1) is 13.2 Å². The van der Waals surface area contributed by atoms with E-state index in [0.717, 1.165) is 24.3 Å². The molecule has 3 rings (SSSR count). The molecule has 0 spiro atoms. The zero-order valence-corrected chi connectivity index (χ0v) is 10.8. The van der Waals surface area contributed by atoms with E-state index >= 15 is 0 Å². The molecule has 0 saturated carbocycles. The number of ether oxygens (including phenoxy) is 1. The van der Waals surface area contributed by atoms with Crippen LogP contribution in [0, 0.1) is 0 Å². The van der Waals surface area contributed by atoms with Gasteiger partial charge in [-0.3, -0.25) is 0 Å². The summed E-state index contributed by atoms with van der Waals surface area (Å²) in [6, 6.07) is 8.45. The smallest absolute Gasteiger partial charge is 0.318 e. The molecule has 6 nitrogen and oxygen atoms in total. The van der Waals surface area contributed by atoms with Crippen LogP contribution in [0.1, 0.15) is 0 Å². The number of nitrogens with one attached hydrogen (secondary N) is 1. The molecule has 0 radical (unpaired) electrons. The SMILES string of the molecule is CNc1cccc(-c2nnc(N3CCOCC3)o2)c1. The summed E-state index contributed by atoms with van der Waals surface area (Å²) in [5.74, 6) is 0.540. The second-order valence-corrected chi connectivity index (χ2v) is 4.32. The molecule has 1 aliphatic heterocycles. The minimum atomic E-state index is 0.540. The van der Waals surface area contributed by atoms with E-state index in [1.54, 1.807) is 0 Å². The molecule has 1 fully saturated rings. The largest absolute Gasteiger partial charge is 0.403 e. The molecule has 0 atom stereocenters. The normalized spacial score (nSPS) is 15.5. The standard InChI is InChI=1S/C13H16N4O2/c1-14-11-4-2-3-10(9-11)12-15-16-13(19-12)17-5-7-18-8-6-17/h2-4,9,14H,5-8H2,1H3. The van der Waals surface area contributed by atoms with Gasteiger partial charge in [-0.2, -0.15) is 0 Å². The van der Waals surface area contributed by atoms with Crippen LogP contribution < -0.4 is 10.2 Å². The molecule has 0 unspecified atom stereocenters. The molecular weight excluding hydrogens is 244 g/mol. The first kappa shape index (κ1) is 12.0. The van der Waals surface area contributed by atoms with Gasteiger partial charge in [-0.05, 0) is 18.2 Å². The molecule has 0 amide bonds. The van der Waals surface area contributed by atoms with Crippen molar-refractivity contribution < 1.29 is 9.15 Å². The summed E-state index contributed by atoms with van der Waals surface area (Å²) in [6.07, 6.45) is 0. The topological polar surface area (TPSA) is 63.4 Å².